The first-order chi connectivity index (χ1) is 9.04. The first-order valence-corrected chi connectivity index (χ1v) is 7.08. The highest BCUT2D eigenvalue weighted by Gasteiger charge is 2.29. The molecule has 7 heteroatoms. The number of nitrogens with one attached hydrogen (secondary N) is 1. The second kappa shape index (κ2) is 4.66. The summed E-state index contributed by atoms with van der Waals surface area (Å²) < 4.78 is 6.06. The monoisotopic (exact) mass is 340 g/mol. The summed E-state index contributed by atoms with van der Waals surface area (Å²) in [6.07, 6.45) is 0.476. The van der Waals surface area contributed by atoms with Crippen molar-refractivity contribution < 1.29 is 14.3 Å². The summed E-state index contributed by atoms with van der Waals surface area (Å²) in [6.45, 7) is 1.85. The maximum Gasteiger partial charge on any atom is 0.260 e. The zero-order valence-electron chi connectivity index (χ0n) is 9.81. The maximum absolute atomic E-state index is 11.4. The number of aliphatic hydroxyl groups excluding tert-OH is 1. The topological polar surface area (TPSA) is 75.4 Å². The molecule has 2 aromatic rings. The summed E-state index contributed by atoms with van der Waals surface area (Å²) in [5.41, 5.74) is 2.00. The Morgan fingerprint density at radius 2 is 2.32 bits per heavy atom. The lowest BCUT2D eigenvalue weighted by Crippen LogP contribution is -2.10. The fourth-order valence-electron chi connectivity index (χ4n) is 1.80. The number of carbonyl (C=O) groups is 1. The third-order valence-corrected chi connectivity index (χ3v) is 4.54. The molecule has 1 aliphatic heterocycles. The summed E-state index contributed by atoms with van der Waals surface area (Å²) in [7, 11) is 0. The van der Waals surface area contributed by atoms with Gasteiger partial charge < -0.3 is 14.8 Å². The number of hydrogen-bond donors (Lipinski definition) is 2. The van der Waals surface area contributed by atoms with Crippen molar-refractivity contribution >= 4 is 39.3 Å². The van der Waals surface area contributed by atoms with Gasteiger partial charge in [-0.05, 0) is 46.7 Å². The quantitative estimate of drug-likeness (QED) is 0.879. The molecule has 2 N–H and O–H groups in total. The van der Waals surface area contributed by atoms with E-state index < -0.39 is 12.0 Å². The van der Waals surface area contributed by atoms with E-state index in [-0.39, 0.29) is 0 Å². The molecule has 1 atom stereocenters. The van der Waals surface area contributed by atoms with Crippen LogP contribution in [0.1, 0.15) is 17.4 Å². The first kappa shape index (κ1) is 12.7. The molecule has 0 saturated carbocycles. The van der Waals surface area contributed by atoms with E-state index in [0.29, 0.717) is 16.5 Å². The first-order valence-electron chi connectivity index (χ1n) is 5.47. The molecule has 0 aliphatic carbocycles. The second-order valence-electron chi connectivity index (χ2n) is 4.12. The molecule has 3 rings (SSSR count). The normalized spacial score (nSPS) is 17.4. The van der Waals surface area contributed by atoms with Crippen molar-refractivity contribution in [2.24, 2.45) is 0 Å². The number of fused-ring (bicyclic) bond motifs is 1. The van der Waals surface area contributed by atoms with E-state index in [1.807, 2.05) is 6.92 Å². The number of oxazole rings is 1. The minimum atomic E-state index is -1.10. The van der Waals surface area contributed by atoms with Gasteiger partial charge in [0.05, 0.1) is 5.69 Å². The molecule has 0 fully saturated rings. The van der Waals surface area contributed by atoms with E-state index in [0.717, 1.165) is 15.1 Å². The zero-order valence-corrected chi connectivity index (χ0v) is 12.2. The average Bonchev–Trinajstić information content (AvgIpc) is 2.87. The van der Waals surface area contributed by atoms with E-state index in [4.69, 9.17) is 4.42 Å². The summed E-state index contributed by atoms with van der Waals surface area (Å²) >= 11 is 4.77. The van der Waals surface area contributed by atoms with E-state index in [1.165, 1.54) is 11.8 Å². The van der Waals surface area contributed by atoms with Gasteiger partial charge in [0.1, 0.15) is 6.26 Å². The lowest BCUT2D eigenvalue weighted by atomic mass is 10.1. The van der Waals surface area contributed by atoms with Crippen LogP contribution in [-0.4, -0.2) is 16.0 Å². The average molecular weight is 341 g/mol. The molecular weight excluding hydrogens is 332 g/mol. The number of aromatic nitrogens is 1. The van der Waals surface area contributed by atoms with E-state index in [9.17, 15) is 9.90 Å². The van der Waals surface area contributed by atoms with E-state index >= 15 is 0 Å². The van der Waals surface area contributed by atoms with Gasteiger partial charge in [-0.25, -0.2) is 4.98 Å². The van der Waals surface area contributed by atoms with Crippen molar-refractivity contribution in [2.75, 3.05) is 5.32 Å². The van der Waals surface area contributed by atoms with Gasteiger partial charge in [-0.2, -0.15) is 0 Å². The predicted octanol–water partition coefficient (Wildman–Crippen LogP) is 2.88. The van der Waals surface area contributed by atoms with Crippen molar-refractivity contribution in [1.29, 1.82) is 0 Å². The van der Waals surface area contributed by atoms with Gasteiger partial charge >= 0.3 is 0 Å². The molecule has 1 aromatic carbocycles. The minimum Gasteiger partial charge on any atom is -0.439 e. The Bertz CT molecular complexity index is 671. The Morgan fingerprint density at radius 3 is 3.00 bits per heavy atom. The molecule has 1 aromatic heterocycles. The van der Waals surface area contributed by atoms with Crippen LogP contribution in [0.3, 0.4) is 0 Å². The summed E-state index contributed by atoms with van der Waals surface area (Å²) in [5.74, 6) is -0.406. The molecule has 0 bridgehead atoms. The molecular formula is C12H9BrN2O3S. The number of aryl methyl sites for hydroxylation is 1. The van der Waals surface area contributed by atoms with Crippen molar-refractivity contribution in [1.82, 2.24) is 4.98 Å². The minimum absolute atomic E-state index is 0.406. The van der Waals surface area contributed by atoms with E-state index in [1.54, 1.807) is 18.4 Å². The fourth-order valence-corrected chi connectivity index (χ4v) is 3.21. The molecule has 1 aliphatic rings. The fraction of sp³-hybridized carbons (Fsp3) is 0.167. The van der Waals surface area contributed by atoms with Crippen molar-refractivity contribution in [3.63, 3.8) is 0 Å². The van der Waals surface area contributed by atoms with Crippen LogP contribution in [0, 0.1) is 6.92 Å². The molecule has 2 heterocycles. The molecule has 1 unspecified atom stereocenters. The van der Waals surface area contributed by atoms with Crippen LogP contribution in [0.4, 0.5) is 5.69 Å². The van der Waals surface area contributed by atoms with Crippen LogP contribution < -0.4 is 5.32 Å². The van der Waals surface area contributed by atoms with Gasteiger partial charge in [0.15, 0.2) is 6.10 Å². The number of benzene rings is 1. The molecule has 0 spiro atoms. The lowest BCUT2D eigenvalue weighted by molar-refractivity contribution is -0.123. The molecule has 19 heavy (non-hydrogen) atoms. The van der Waals surface area contributed by atoms with Crippen LogP contribution in [0.5, 0.6) is 0 Å². The number of aliphatic hydroxyl groups is 1. The van der Waals surface area contributed by atoms with Crippen molar-refractivity contribution in [3.05, 3.63) is 34.1 Å². The lowest BCUT2D eigenvalue weighted by Gasteiger charge is -2.06. The number of rotatable bonds is 2. The van der Waals surface area contributed by atoms with Crippen LogP contribution in [0.25, 0.3) is 0 Å². The van der Waals surface area contributed by atoms with Crippen molar-refractivity contribution in [2.45, 2.75) is 23.1 Å². The Kier molecular flexibility index (Phi) is 3.12. The summed E-state index contributed by atoms with van der Waals surface area (Å²) in [5, 5.41) is 12.8. The smallest absolute Gasteiger partial charge is 0.260 e. The highest BCUT2D eigenvalue weighted by Crippen LogP contribution is 2.40. The number of carbonyl (C=O) groups excluding carboxylic acids is 1. The standard InChI is InChI=1S/C12H9BrN2O3S/c1-5-4-18-12(14-5)19-9-3-8-6(2-7(9)13)10(16)11(17)15-8/h2-4,10,16H,1H3,(H,15,17). The Morgan fingerprint density at radius 1 is 1.53 bits per heavy atom. The third-order valence-electron chi connectivity index (χ3n) is 2.70. The van der Waals surface area contributed by atoms with E-state index in [2.05, 4.69) is 26.2 Å². The van der Waals surface area contributed by atoms with Crippen molar-refractivity contribution in [3.8, 4) is 0 Å². The largest absolute Gasteiger partial charge is 0.439 e. The molecule has 0 saturated heterocycles. The third kappa shape index (κ3) is 2.29. The Labute approximate surface area is 121 Å². The zero-order chi connectivity index (χ0) is 13.6. The van der Waals surface area contributed by atoms with Gasteiger partial charge in [0.2, 0.25) is 0 Å². The highest BCUT2D eigenvalue weighted by atomic mass is 79.9. The molecule has 1 amide bonds. The SMILES string of the molecule is Cc1coc(Sc2cc3c(cc2Br)C(O)C(=O)N3)n1. The van der Waals surface area contributed by atoms with Crippen LogP contribution in [0.2, 0.25) is 0 Å². The van der Waals surface area contributed by atoms with Gasteiger partial charge in [0, 0.05) is 20.6 Å². The number of anilines is 1. The van der Waals surface area contributed by atoms with Gasteiger partial charge in [-0.3, -0.25) is 4.79 Å². The number of halogens is 1. The molecule has 5 nitrogen and oxygen atoms in total. The highest BCUT2D eigenvalue weighted by molar-refractivity contribution is 9.10. The predicted molar refractivity (Wildman–Crippen MR) is 73.1 cm³/mol. The number of amides is 1. The molecule has 98 valence electrons. The Balaban J connectivity index is 1.96. The van der Waals surface area contributed by atoms with Crippen LogP contribution in [-0.2, 0) is 4.79 Å². The Hall–Kier alpha value is -1.31. The van der Waals surface area contributed by atoms with Crippen LogP contribution in [0.15, 0.2) is 37.4 Å². The van der Waals surface area contributed by atoms with Crippen LogP contribution >= 0.6 is 27.7 Å². The maximum atomic E-state index is 11.4. The summed E-state index contributed by atoms with van der Waals surface area (Å²) in [6, 6.07) is 3.52. The number of hydrogen-bond acceptors (Lipinski definition) is 5. The summed E-state index contributed by atoms with van der Waals surface area (Å²) in [4.78, 5) is 16.5. The second-order valence-corrected chi connectivity index (χ2v) is 5.97. The van der Waals surface area contributed by atoms with Gasteiger partial charge in [0.25, 0.3) is 11.1 Å². The van der Waals surface area contributed by atoms with Gasteiger partial charge in [-0.15, -0.1) is 0 Å². The molecule has 0 radical (unpaired) electrons. The van der Waals surface area contributed by atoms with Gasteiger partial charge in [-0.1, -0.05) is 0 Å². The number of nitrogens with zero attached hydrogens (tertiary/aromatic N) is 1.